The average Bonchev–Trinajstić information content (AvgIpc) is 2.42. The van der Waals surface area contributed by atoms with Crippen molar-refractivity contribution in [2.75, 3.05) is 16.9 Å². The summed E-state index contributed by atoms with van der Waals surface area (Å²) in [6.45, 7) is 3.01. The Morgan fingerprint density at radius 2 is 2.10 bits per heavy atom. The molecule has 2 amide bonds. The molecule has 0 atom stereocenters. The van der Waals surface area contributed by atoms with Crippen molar-refractivity contribution >= 4 is 28.9 Å². The molecule has 0 bridgehead atoms. The summed E-state index contributed by atoms with van der Waals surface area (Å²) in [5, 5.41) is 13.5. The molecule has 9 heteroatoms. The van der Waals surface area contributed by atoms with Crippen LogP contribution in [0, 0.1) is 10.1 Å². The summed E-state index contributed by atoms with van der Waals surface area (Å²) in [5.41, 5.74) is 1.12. The topological polar surface area (TPSA) is 131 Å². The van der Waals surface area contributed by atoms with Gasteiger partial charge in [0, 0.05) is 0 Å². The lowest BCUT2D eigenvalue weighted by molar-refractivity contribution is -0.383. The Kier molecular flexibility index (Phi) is 3.52. The van der Waals surface area contributed by atoms with E-state index < -0.39 is 22.3 Å². The van der Waals surface area contributed by atoms with Crippen LogP contribution in [0.25, 0.3) is 0 Å². The highest BCUT2D eigenvalue weighted by Crippen LogP contribution is 2.38. The van der Waals surface area contributed by atoms with Crippen molar-refractivity contribution in [2.45, 2.75) is 19.4 Å². The summed E-state index contributed by atoms with van der Waals surface area (Å²) in [6, 6.07) is 4.48. The van der Waals surface area contributed by atoms with Crippen LogP contribution in [-0.4, -0.2) is 28.8 Å². The monoisotopic (exact) mass is 293 g/mol. The van der Waals surface area contributed by atoms with Crippen LogP contribution in [0.3, 0.4) is 0 Å². The Morgan fingerprint density at radius 3 is 2.67 bits per heavy atom. The number of nitrogen functional groups attached to an aromatic ring is 1. The van der Waals surface area contributed by atoms with Gasteiger partial charge in [-0.15, -0.1) is 0 Å². The molecule has 1 aliphatic rings. The van der Waals surface area contributed by atoms with Gasteiger partial charge in [0.15, 0.2) is 0 Å². The minimum absolute atomic E-state index is 0.103. The van der Waals surface area contributed by atoms with Crippen LogP contribution in [0.1, 0.15) is 13.8 Å². The molecule has 0 aromatic heterocycles. The fourth-order valence-corrected chi connectivity index (χ4v) is 2.23. The Balaban J connectivity index is 2.62. The Labute approximate surface area is 120 Å². The second-order valence-corrected chi connectivity index (χ2v) is 5.10. The van der Waals surface area contributed by atoms with Crippen LogP contribution in [0.2, 0.25) is 0 Å². The van der Waals surface area contributed by atoms with Crippen LogP contribution < -0.4 is 21.5 Å². The smallest absolute Gasteiger partial charge is 0.316 e. The first kappa shape index (κ1) is 14.7. The molecule has 21 heavy (non-hydrogen) atoms. The number of nitrogens with two attached hydrogens (primary N) is 1. The molecule has 0 saturated carbocycles. The lowest BCUT2D eigenvalue weighted by Gasteiger charge is -2.41. The number of nitro groups is 1. The van der Waals surface area contributed by atoms with Gasteiger partial charge in [0.1, 0.15) is 16.9 Å². The molecule has 2 rings (SSSR count). The van der Waals surface area contributed by atoms with Gasteiger partial charge in [-0.3, -0.25) is 30.9 Å². The van der Waals surface area contributed by atoms with Crippen LogP contribution in [0.4, 0.5) is 17.1 Å². The summed E-state index contributed by atoms with van der Waals surface area (Å²) in [4.78, 5) is 35.7. The number of nitro benzene ring substituents is 1. The standard InChI is InChI=1S/C12H15N5O4/c1-12(2)11(19)14-9(18)6-16(12)8-5-3-4-7(15-13)10(8)17(20)21/h3-5,15H,6,13H2,1-2H3,(H,14,18,19). The van der Waals surface area contributed by atoms with E-state index in [9.17, 15) is 19.7 Å². The first-order valence-electron chi connectivity index (χ1n) is 6.15. The predicted octanol–water partition coefficient (Wildman–Crippen LogP) is 0.122. The van der Waals surface area contributed by atoms with Gasteiger partial charge in [-0.2, -0.15) is 0 Å². The van der Waals surface area contributed by atoms with Gasteiger partial charge in [0.05, 0.1) is 11.5 Å². The third kappa shape index (κ3) is 2.38. The lowest BCUT2D eigenvalue weighted by Crippen LogP contribution is -2.64. The van der Waals surface area contributed by atoms with Crippen molar-refractivity contribution in [3.63, 3.8) is 0 Å². The Morgan fingerprint density at radius 1 is 1.43 bits per heavy atom. The molecule has 0 radical (unpaired) electrons. The van der Waals surface area contributed by atoms with Gasteiger partial charge in [0.2, 0.25) is 5.91 Å². The number of carbonyl (C=O) groups is 2. The minimum Gasteiger partial charge on any atom is -0.342 e. The summed E-state index contributed by atoms with van der Waals surface area (Å²) in [5.74, 6) is 4.26. The number of para-hydroxylation sites is 1. The second-order valence-electron chi connectivity index (χ2n) is 5.10. The predicted molar refractivity (Wildman–Crippen MR) is 75.5 cm³/mol. The highest BCUT2D eigenvalue weighted by Gasteiger charge is 2.43. The molecule has 1 heterocycles. The van der Waals surface area contributed by atoms with Crippen LogP contribution in [0.5, 0.6) is 0 Å². The van der Waals surface area contributed by atoms with Gasteiger partial charge >= 0.3 is 5.69 Å². The van der Waals surface area contributed by atoms with Gasteiger partial charge in [-0.05, 0) is 26.0 Å². The number of hydrazine groups is 1. The van der Waals surface area contributed by atoms with Crippen LogP contribution >= 0.6 is 0 Å². The maximum atomic E-state index is 12.0. The number of amides is 2. The number of piperazine rings is 1. The van der Waals surface area contributed by atoms with E-state index >= 15 is 0 Å². The number of imide groups is 1. The molecule has 9 nitrogen and oxygen atoms in total. The fourth-order valence-electron chi connectivity index (χ4n) is 2.23. The largest absolute Gasteiger partial charge is 0.342 e. The van der Waals surface area contributed by atoms with Crippen molar-refractivity contribution in [1.82, 2.24) is 5.32 Å². The maximum absolute atomic E-state index is 12.0. The highest BCUT2D eigenvalue weighted by atomic mass is 16.6. The first-order chi connectivity index (χ1) is 9.78. The van der Waals surface area contributed by atoms with Crippen molar-refractivity contribution in [1.29, 1.82) is 0 Å². The highest BCUT2D eigenvalue weighted by molar-refractivity contribution is 6.07. The van der Waals surface area contributed by atoms with E-state index in [-0.39, 0.29) is 23.6 Å². The Bertz CT molecular complexity index is 628. The number of hydrogen-bond donors (Lipinski definition) is 3. The van der Waals surface area contributed by atoms with E-state index in [0.717, 1.165) is 0 Å². The number of rotatable bonds is 3. The summed E-state index contributed by atoms with van der Waals surface area (Å²) in [6.07, 6.45) is 0. The molecular weight excluding hydrogens is 278 g/mol. The fraction of sp³-hybridized carbons (Fsp3) is 0.333. The number of anilines is 2. The summed E-state index contributed by atoms with van der Waals surface area (Å²) < 4.78 is 0. The molecular formula is C12H15N5O4. The zero-order chi connectivity index (χ0) is 15.8. The zero-order valence-electron chi connectivity index (χ0n) is 11.5. The molecule has 1 saturated heterocycles. The van der Waals surface area contributed by atoms with Crippen LogP contribution in [-0.2, 0) is 9.59 Å². The van der Waals surface area contributed by atoms with Gasteiger partial charge in [-0.25, -0.2) is 0 Å². The van der Waals surface area contributed by atoms with Crippen LogP contribution in [0.15, 0.2) is 18.2 Å². The number of hydrogen-bond acceptors (Lipinski definition) is 7. The molecule has 112 valence electrons. The molecule has 1 aromatic carbocycles. The number of nitrogens with one attached hydrogen (secondary N) is 2. The summed E-state index contributed by atoms with van der Waals surface area (Å²) in [7, 11) is 0. The number of nitrogens with zero attached hydrogens (tertiary/aromatic N) is 2. The van der Waals surface area contributed by atoms with E-state index in [1.807, 2.05) is 0 Å². The van der Waals surface area contributed by atoms with E-state index in [4.69, 9.17) is 5.84 Å². The third-order valence-corrected chi connectivity index (χ3v) is 3.43. The zero-order valence-corrected chi connectivity index (χ0v) is 11.5. The molecule has 0 unspecified atom stereocenters. The SMILES string of the molecule is CC1(C)C(=O)NC(=O)CN1c1cccc(NN)c1[N+](=O)[O-]. The van der Waals surface area contributed by atoms with E-state index in [1.54, 1.807) is 19.9 Å². The Hall–Kier alpha value is -2.68. The first-order valence-corrected chi connectivity index (χ1v) is 6.15. The second kappa shape index (κ2) is 5.02. The van der Waals surface area contributed by atoms with Gasteiger partial charge < -0.3 is 10.3 Å². The van der Waals surface area contributed by atoms with E-state index in [0.29, 0.717) is 0 Å². The summed E-state index contributed by atoms with van der Waals surface area (Å²) >= 11 is 0. The quantitative estimate of drug-likeness (QED) is 0.312. The molecule has 0 spiro atoms. The number of carbonyl (C=O) groups excluding carboxylic acids is 2. The van der Waals surface area contributed by atoms with E-state index in [1.165, 1.54) is 17.0 Å². The normalized spacial score (nSPS) is 17.4. The van der Waals surface area contributed by atoms with Crippen molar-refractivity contribution in [3.8, 4) is 0 Å². The molecule has 1 fully saturated rings. The molecule has 1 aromatic rings. The average molecular weight is 293 g/mol. The van der Waals surface area contributed by atoms with Gasteiger partial charge in [0.25, 0.3) is 5.91 Å². The third-order valence-electron chi connectivity index (χ3n) is 3.43. The number of benzene rings is 1. The minimum atomic E-state index is -1.11. The molecule has 0 aliphatic carbocycles. The van der Waals surface area contributed by atoms with Crippen molar-refractivity contribution in [3.05, 3.63) is 28.3 Å². The molecule has 4 N–H and O–H groups in total. The molecule has 1 aliphatic heterocycles. The van der Waals surface area contributed by atoms with E-state index in [2.05, 4.69) is 10.7 Å². The van der Waals surface area contributed by atoms with Crippen molar-refractivity contribution < 1.29 is 14.5 Å². The lowest BCUT2D eigenvalue weighted by atomic mass is 9.97. The van der Waals surface area contributed by atoms with Gasteiger partial charge in [-0.1, -0.05) is 6.07 Å². The van der Waals surface area contributed by atoms with Crippen molar-refractivity contribution in [2.24, 2.45) is 5.84 Å². The maximum Gasteiger partial charge on any atom is 0.316 e.